The van der Waals surface area contributed by atoms with Gasteiger partial charge in [0.05, 0.1) is 11.6 Å². The van der Waals surface area contributed by atoms with Crippen molar-refractivity contribution in [3.8, 4) is 6.07 Å². The second-order valence-corrected chi connectivity index (χ2v) is 5.17. The first kappa shape index (κ1) is 15.1. The molecule has 0 aliphatic rings. The topological polar surface area (TPSA) is 52.9 Å². The van der Waals surface area contributed by atoms with E-state index in [9.17, 15) is 13.6 Å². The van der Waals surface area contributed by atoms with E-state index in [-0.39, 0.29) is 23.2 Å². The molecule has 0 bridgehead atoms. The molecule has 21 heavy (non-hydrogen) atoms. The van der Waals surface area contributed by atoms with Gasteiger partial charge in [0.1, 0.15) is 11.6 Å². The highest BCUT2D eigenvalue weighted by molar-refractivity contribution is 9.10. The Morgan fingerprint density at radius 2 is 2.00 bits per heavy atom. The van der Waals surface area contributed by atoms with Crippen molar-refractivity contribution >= 4 is 21.8 Å². The summed E-state index contributed by atoms with van der Waals surface area (Å²) < 4.78 is 27.3. The summed E-state index contributed by atoms with van der Waals surface area (Å²) in [5, 5.41) is 11.1. The maximum Gasteiger partial charge on any atom is 0.251 e. The molecule has 0 fully saturated rings. The molecular formula is C15H9BrF2N2O. The monoisotopic (exact) mass is 350 g/mol. The van der Waals surface area contributed by atoms with Gasteiger partial charge >= 0.3 is 0 Å². The minimum atomic E-state index is -0.574. The fraction of sp³-hybridized carbons (Fsp3) is 0.0667. The predicted octanol–water partition coefficient (Wildman–Crippen LogP) is 3.53. The lowest BCUT2D eigenvalue weighted by Gasteiger charge is -2.07. The SMILES string of the molecule is N#Cc1ccc(CNC(=O)c2cc(F)cc(Br)c2)c(F)c1. The second-order valence-electron chi connectivity index (χ2n) is 4.26. The zero-order valence-corrected chi connectivity index (χ0v) is 12.2. The van der Waals surface area contributed by atoms with Crippen LogP contribution in [0.25, 0.3) is 0 Å². The third-order valence-corrected chi connectivity index (χ3v) is 3.20. The average molecular weight is 351 g/mol. The van der Waals surface area contributed by atoms with Crippen LogP contribution in [0.1, 0.15) is 21.5 Å². The number of nitrogens with one attached hydrogen (secondary N) is 1. The number of carbonyl (C=O) groups excluding carboxylic acids is 1. The van der Waals surface area contributed by atoms with Crippen LogP contribution in [0.15, 0.2) is 40.9 Å². The lowest BCUT2D eigenvalue weighted by Crippen LogP contribution is -2.23. The number of halogens is 3. The van der Waals surface area contributed by atoms with Crippen LogP contribution in [0.2, 0.25) is 0 Å². The van der Waals surface area contributed by atoms with E-state index >= 15 is 0 Å². The third-order valence-electron chi connectivity index (χ3n) is 2.75. The molecule has 0 aromatic heterocycles. The Hall–Kier alpha value is -2.26. The van der Waals surface area contributed by atoms with Gasteiger partial charge in [0.25, 0.3) is 5.91 Å². The van der Waals surface area contributed by atoms with E-state index < -0.39 is 17.5 Å². The smallest absolute Gasteiger partial charge is 0.251 e. The second kappa shape index (κ2) is 6.46. The van der Waals surface area contributed by atoms with Gasteiger partial charge in [-0.3, -0.25) is 4.79 Å². The van der Waals surface area contributed by atoms with Crippen molar-refractivity contribution in [1.29, 1.82) is 5.26 Å². The van der Waals surface area contributed by atoms with Gasteiger partial charge in [-0.2, -0.15) is 5.26 Å². The molecule has 0 spiro atoms. The molecule has 2 rings (SSSR count). The van der Waals surface area contributed by atoms with E-state index in [4.69, 9.17) is 5.26 Å². The van der Waals surface area contributed by atoms with Gasteiger partial charge in [-0.25, -0.2) is 8.78 Å². The molecule has 0 radical (unpaired) electrons. The van der Waals surface area contributed by atoms with Crippen LogP contribution in [0.4, 0.5) is 8.78 Å². The van der Waals surface area contributed by atoms with Crippen molar-refractivity contribution < 1.29 is 13.6 Å². The Kier molecular flexibility index (Phi) is 4.66. The molecular weight excluding hydrogens is 342 g/mol. The van der Waals surface area contributed by atoms with Gasteiger partial charge in [0.15, 0.2) is 0 Å². The Morgan fingerprint density at radius 3 is 2.62 bits per heavy atom. The zero-order chi connectivity index (χ0) is 15.4. The summed E-state index contributed by atoms with van der Waals surface area (Å²) in [6.07, 6.45) is 0. The van der Waals surface area contributed by atoms with Crippen molar-refractivity contribution in [2.24, 2.45) is 0 Å². The summed E-state index contributed by atoms with van der Waals surface area (Å²) in [5.41, 5.74) is 0.588. The zero-order valence-electron chi connectivity index (χ0n) is 10.7. The summed E-state index contributed by atoms with van der Waals surface area (Å²) in [6, 6.07) is 9.60. The molecule has 0 aliphatic heterocycles. The molecule has 6 heteroatoms. The summed E-state index contributed by atoms with van der Waals surface area (Å²) in [6.45, 7) is -0.0511. The van der Waals surface area contributed by atoms with Gasteiger partial charge in [0, 0.05) is 22.1 Å². The molecule has 1 amide bonds. The van der Waals surface area contributed by atoms with E-state index in [1.54, 1.807) is 0 Å². The van der Waals surface area contributed by atoms with E-state index in [1.807, 2.05) is 6.07 Å². The van der Waals surface area contributed by atoms with Crippen LogP contribution in [-0.2, 0) is 6.54 Å². The lowest BCUT2D eigenvalue weighted by atomic mass is 10.1. The van der Waals surface area contributed by atoms with Crippen LogP contribution < -0.4 is 5.32 Å². The maximum absolute atomic E-state index is 13.6. The molecule has 2 aromatic rings. The number of benzene rings is 2. The molecule has 0 unspecified atom stereocenters. The number of hydrogen-bond acceptors (Lipinski definition) is 2. The van der Waals surface area contributed by atoms with Crippen LogP contribution in [0.5, 0.6) is 0 Å². The lowest BCUT2D eigenvalue weighted by molar-refractivity contribution is 0.0950. The van der Waals surface area contributed by atoms with Crippen molar-refractivity contribution in [3.63, 3.8) is 0 Å². The Bertz CT molecular complexity index is 721. The van der Waals surface area contributed by atoms with Gasteiger partial charge < -0.3 is 5.32 Å². The minimum absolute atomic E-state index is 0.0511. The molecule has 0 saturated carbocycles. The van der Waals surface area contributed by atoms with Gasteiger partial charge in [0.2, 0.25) is 0 Å². The molecule has 2 aromatic carbocycles. The fourth-order valence-electron chi connectivity index (χ4n) is 1.72. The van der Waals surface area contributed by atoms with Gasteiger partial charge in [-0.1, -0.05) is 22.0 Å². The molecule has 0 heterocycles. The first-order valence-corrected chi connectivity index (χ1v) is 6.71. The number of rotatable bonds is 3. The van der Waals surface area contributed by atoms with Crippen LogP contribution in [0, 0.1) is 23.0 Å². The summed E-state index contributed by atoms with van der Waals surface area (Å²) >= 11 is 3.09. The van der Waals surface area contributed by atoms with Crippen molar-refractivity contribution in [1.82, 2.24) is 5.32 Å². The minimum Gasteiger partial charge on any atom is -0.348 e. The Labute approximate surface area is 128 Å². The van der Waals surface area contributed by atoms with Crippen molar-refractivity contribution in [2.75, 3.05) is 0 Å². The van der Waals surface area contributed by atoms with Crippen LogP contribution in [0.3, 0.4) is 0 Å². The summed E-state index contributed by atoms with van der Waals surface area (Å²) in [7, 11) is 0. The first-order valence-electron chi connectivity index (χ1n) is 5.92. The number of carbonyl (C=O) groups is 1. The molecule has 106 valence electrons. The van der Waals surface area contributed by atoms with E-state index in [1.165, 1.54) is 24.3 Å². The van der Waals surface area contributed by atoms with E-state index in [0.717, 1.165) is 12.1 Å². The molecule has 3 nitrogen and oxygen atoms in total. The van der Waals surface area contributed by atoms with Crippen LogP contribution in [-0.4, -0.2) is 5.91 Å². The van der Waals surface area contributed by atoms with Gasteiger partial charge in [-0.05, 0) is 30.3 Å². The van der Waals surface area contributed by atoms with Gasteiger partial charge in [-0.15, -0.1) is 0 Å². The number of nitrogens with zero attached hydrogens (tertiary/aromatic N) is 1. The van der Waals surface area contributed by atoms with E-state index in [2.05, 4.69) is 21.2 Å². The predicted molar refractivity (Wildman–Crippen MR) is 76.4 cm³/mol. The molecule has 0 aliphatic carbocycles. The van der Waals surface area contributed by atoms with E-state index in [0.29, 0.717) is 4.47 Å². The molecule has 0 saturated heterocycles. The summed E-state index contributed by atoms with van der Waals surface area (Å²) in [4.78, 5) is 11.9. The molecule has 0 atom stereocenters. The average Bonchev–Trinajstić information content (AvgIpc) is 2.44. The van der Waals surface area contributed by atoms with Crippen molar-refractivity contribution in [2.45, 2.75) is 6.54 Å². The quantitative estimate of drug-likeness (QED) is 0.920. The highest BCUT2D eigenvalue weighted by atomic mass is 79.9. The third kappa shape index (κ3) is 3.86. The number of nitriles is 1. The highest BCUT2D eigenvalue weighted by Crippen LogP contribution is 2.15. The Balaban J connectivity index is 2.09. The first-order chi connectivity index (χ1) is 9.99. The fourth-order valence-corrected chi connectivity index (χ4v) is 2.19. The number of hydrogen-bond donors (Lipinski definition) is 1. The standard InChI is InChI=1S/C15H9BrF2N2O/c16-12-4-11(5-13(17)6-12)15(21)20-8-10-2-1-9(7-19)3-14(10)18/h1-6H,8H2,(H,20,21). The normalized spacial score (nSPS) is 10.0. The maximum atomic E-state index is 13.6. The largest absolute Gasteiger partial charge is 0.348 e. The number of amides is 1. The molecule has 1 N–H and O–H groups in total. The summed E-state index contributed by atoms with van der Waals surface area (Å²) in [5.74, 6) is -1.63. The highest BCUT2D eigenvalue weighted by Gasteiger charge is 2.10. The Morgan fingerprint density at radius 1 is 1.24 bits per heavy atom. The van der Waals surface area contributed by atoms with Crippen molar-refractivity contribution in [3.05, 3.63) is 69.2 Å². The van der Waals surface area contributed by atoms with Crippen LogP contribution >= 0.6 is 15.9 Å².